The molecule has 0 aliphatic heterocycles. The number of nitrogens with one attached hydrogen (secondary N) is 2. The molecule has 1 fully saturated rings. The molecule has 1 unspecified atom stereocenters. The van der Waals surface area contributed by atoms with Gasteiger partial charge in [0.05, 0.1) is 6.61 Å². The molecule has 8 heteroatoms. The number of fused-ring (bicyclic) bond motifs is 3. The van der Waals surface area contributed by atoms with Crippen molar-refractivity contribution >= 4 is 18.0 Å². The molecule has 1 saturated carbocycles. The maximum atomic E-state index is 12.5. The van der Waals surface area contributed by atoms with Crippen LogP contribution in [-0.2, 0) is 14.3 Å². The summed E-state index contributed by atoms with van der Waals surface area (Å²) in [5, 5.41) is 23.8. The van der Waals surface area contributed by atoms with Gasteiger partial charge in [0.1, 0.15) is 6.61 Å². The van der Waals surface area contributed by atoms with Crippen molar-refractivity contribution in [2.45, 2.75) is 44.1 Å². The van der Waals surface area contributed by atoms with Crippen LogP contribution in [0.25, 0.3) is 11.1 Å². The SMILES string of the molecule is CC(CO)(NC(=O)CC1(CNC(=O)OCC2c3ccccc3-c3ccccc32)CCC1)C(=O)O. The molecule has 34 heavy (non-hydrogen) atoms. The fraction of sp³-hybridized carbons (Fsp3) is 0.423. The molecular formula is C26H30N2O6. The topological polar surface area (TPSA) is 125 Å². The van der Waals surface area contributed by atoms with Gasteiger partial charge in [-0.15, -0.1) is 0 Å². The molecule has 0 spiro atoms. The smallest absolute Gasteiger partial charge is 0.407 e. The largest absolute Gasteiger partial charge is 0.479 e. The van der Waals surface area contributed by atoms with Gasteiger partial charge < -0.3 is 25.6 Å². The van der Waals surface area contributed by atoms with Crippen LogP contribution < -0.4 is 10.6 Å². The number of aliphatic hydroxyl groups excluding tert-OH is 1. The van der Waals surface area contributed by atoms with E-state index in [0.29, 0.717) is 0 Å². The van der Waals surface area contributed by atoms with Crippen molar-refractivity contribution in [2.24, 2.45) is 5.41 Å². The highest BCUT2D eigenvalue weighted by Gasteiger charge is 2.42. The van der Waals surface area contributed by atoms with E-state index in [1.165, 1.54) is 6.92 Å². The molecule has 2 aromatic carbocycles. The Hall–Kier alpha value is -3.39. The molecule has 0 saturated heterocycles. The number of carbonyl (C=O) groups is 3. The molecule has 0 bridgehead atoms. The fourth-order valence-corrected chi connectivity index (χ4v) is 4.86. The molecule has 180 valence electrons. The highest BCUT2D eigenvalue weighted by molar-refractivity contribution is 5.87. The van der Waals surface area contributed by atoms with Gasteiger partial charge >= 0.3 is 12.1 Å². The van der Waals surface area contributed by atoms with E-state index in [4.69, 9.17) is 4.74 Å². The van der Waals surface area contributed by atoms with Gasteiger partial charge in [0, 0.05) is 18.9 Å². The maximum absolute atomic E-state index is 12.5. The van der Waals surface area contributed by atoms with Crippen LogP contribution in [0.1, 0.15) is 49.7 Å². The van der Waals surface area contributed by atoms with E-state index < -0.39 is 35.5 Å². The first kappa shape index (κ1) is 23.8. The van der Waals surface area contributed by atoms with E-state index in [1.54, 1.807) is 0 Å². The van der Waals surface area contributed by atoms with Crippen molar-refractivity contribution in [3.8, 4) is 11.1 Å². The molecule has 0 radical (unpaired) electrons. The fourth-order valence-electron chi connectivity index (χ4n) is 4.86. The Balaban J connectivity index is 1.32. The average molecular weight is 467 g/mol. The van der Waals surface area contributed by atoms with E-state index >= 15 is 0 Å². The number of alkyl carbamates (subject to hydrolysis) is 1. The summed E-state index contributed by atoms with van der Waals surface area (Å²) < 4.78 is 5.58. The van der Waals surface area contributed by atoms with Crippen molar-refractivity contribution < 1.29 is 29.3 Å². The summed E-state index contributed by atoms with van der Waals surface area (Å²) in [4.78, 5) is 36.3. The summed E-state index contributed by atoms with van der Waals surface area (Å²) in [5.41, 5.74) is 2.40. The Kier molecular flexibility index (Phi) is 6.61. The number of aliphatic carboxylic acids is 1. The molecule has 0 heterocycles. The van der Waals surface area contributed by atoms with Gasteiger partial charge in [0.15, 0.2) is 5.54 Å². The van der Waals surface area contributed by atoms with Crippen molar-refractivity contribution in [1.29, 1.82) is 0 Å². The van der Waals surface area contributed by atoms with E-state index in [0.717, 1.165) is 41.5 Å². The van der Waals surface area contributed by atoms with Crippen molar-refractivity contribution in [3.63, 3.8) is 0 Å². The number of rotatable bonds is 9. The van der Waals surface area contributed by atoms with Crippen LogP contribution in [0.4, 0.5) is 4.79 Å². The molecule has 2 aromatic rings. The minimum Gasteiger partial charge on any atom is -0.479 e. The minimum atomic E-state index is -1.73. The lowest BCUT2D eigenvalue weighted by molar-refractivity contribution is -0.149. The number of carboxylic acids is 1. The van der Waals surface area contributed by atoms with Gasteiger partial charge in [-0.3, -0.25) is 4.79 Å². The third-order valence-electron chi connectivity index (χ3n) is 7.10. The second kappa shape index (κ2) is 9.46. The van der Waals surface area contributed by atoms with Crippen LogP contribution in [0, 0.1) is 5.41 Å². The Morgan fingerprint density at radius 3 is 2.15 bits per heavy atom. The number of hydrogen-bond donors (Lipinski definition) is 4. The van der Waals surface area contributed by atoms with Crippen LogP contribution in [0.2, 0.25) is 0 Å². The Morgan fingerprint density at radius 1 is 1.06 bits per heavy atom. The van der Waals surface area contributed by atoms with Crippen LogP contribution in [0.5, 0.6) is 0 Å². The lowest BCUT2D eigenvalue weighted by atomic mass is 9.66. The number of benzene rings is 2. The van der Waals surface area contributed by atoms with Crippen molar-refractivity contribution in [2.75, 3.05) is 19.8 Å². The molecule has 2 amide bonds. The Morgan fingerprint density at radius 2 is 1.65 bits per heavy atom. The zero-order valence-electron chi connectivity index (χ0n) is 19.2. The number of carbonyl (C=O) groups excluding carboxylic acids is 2. The average Bonchev–Trinajstić information content (AvgIpc) is 3.12. The first-order valence-electron chi connectivity index (χ1n) is 11.5. The molecule has 1 atom stereocenters. The van der Waals surface area contributed by atoms with E-state index in [9.17, 15) is 24.6 Å². The quantitative estimate of drug-likeness (QED) is 0.450. The molecule has 0 aromatic heterocycles. The minimum absolute atomic E-state index is 0.0335. The third kappa shape index (κ3) is 4.63. The van der Waals surface area contributed by atoms with Gasteiger partial charge in [0.2, 0.25) is 5.91 Å². The van der Waals surface area contributed by atoms with Crippen molar-refractivity contribution in [1.82, 2.24) is 10.6 Å². The number of amides is 2. The summed E-state index contributed by atoms with van der Waals surface area (Å²) in [6.07, 6.45) is 1.94. The third-order valence-corrected chi connectivity index (χ3v) is 7.10. The van der Waals surface area contributed by atoms with E-state index in [-0.39, 0.29) is 25.5 Å². The number of hydrogen-bond acceptors (Lipinski definition) is 5. The summed E-state index contributed by atoms with van der Waals surface area (Å²) >= 11 is 0. The van der Waals surface area contributed by atoms with Gasteiger partial charge in [-0.05, 0) is 47.4 Å². The van der Waals surface area contributed by atoms with Crippen LogP contribution in [-0.4, -0.2) is 53.5 Å². The zero-order chi connectivity index (χ0) is 24.3. The Labute approximate surface area is 198 Å². The lowest BCUT2D eigenvalue weighted by Gasteiger charge is -2.42. The molecule has 4 rings (SSSR count). The number of aliphatic hydroxyl groups is 1. The molecular weight excluding hydrogens is 436 g/mol. The summed E-state index contributed by atoms with van der Waals surface area (Å²) in [7, 11) is 0. The zero-order valence-corrected chi connectivity index (χ0v) is 19.2. The highest BCUT2D eigenvalue weighted by Crippen LogP contribution is 2.45. The van der Waals surface area contributed by atoms with Crippen LogP contribution in [0.3, 0.4) is 0 Å². The maximum Gasteiger partial charge on any atom is 0.407 e. The predicted molar refractivity (Wildman–Crippen MR) is 125 cm³/mol. The van der Waals surface area contributed by atoms with Crippen LogP contribution >= 0.6 is 0 Å². The van der Waals surface area contributed by atoms with Crippen LogP contribution in [0.15, 0.2) is 48.5 Å². The van der Waals surface area contributed by atoms with Gasteiger partial charge in [0.25, 0.3) is 0 Å². The number of carboxylic acid groups (broad SMARTS) is 1. The normalized spacial score (nSPS) is 17.5. The predicted octanol–water partition coefficient (Wildman–Crippen LogP) is 3.04. The lowest BCUT2D eigenvalue weighted by Crippen LogP contribution is -2.56. The molecule has 4 N–H and O–H groups in total. The highest BCUT2D eigenvalue weighted by atomic mass is 16.5. The summed E-state index contributed by atoms with van der Waals surface area (Å²) in [6, 6.07) is 16.2. The monoisotopic (exact) mass is 466 g/mol. The second-order valence-electron chi connectivity index (χ2n) is 9.55. The molecule has 2 aliphatic carbocycles. The van der Waals surface area contributed by atoms with Crippen molar-refractivity contribution in [3.05, 3.63) is 59.7 Å². The summed E-state index contributed by atoms with van der Waals surface area (Å²) in [5.74, 6) is -1.80. The van der Waals surface area contributed by atoms with Gasteiger partial charge in [-0.2, -0.15) is 0 Å². The van der Waals surface area contributed by atoms with E-state index in [1.807, 2.05) is 24.3 Å². The number of ether oxygens (including phenoxy) is 1. The molecule has 8 nitrogen and oxygen atoms in total. The molecule has 2 aliphatic rings. The first-order chi connectivity index (χ1) is 16.3. The first-order valence-corrected chi connectivity index (χ1v) is 11.5. The second-order valence-corrected chi connectivity index (χ2v) is 9.55. The van der Waals surface area contributed by atoms with Gasteiger partial charge in [-0.25, -0.2) is 9.59 Å². The van der Waals surface area contributed by atoms with Gasteiger partial charge in [-0.1, -0.05) is 55.0 Å². The Bertz CT molecular complexity index is 1050. The summed E-state index contributed by atoms with van der Waals surface area (Å²) in [6.45, 7) is 1.02. The standard InChI is InChI=1S/C26H30N2O6/c1-25(16-29,23(31)32)28-22(30)13-26(11-6-12-26)15-27-24(33)34-14-21-19-9-4-2-7-17(19)18-8-3-5-10-20(18)21/h2-5,7-10,21,29H,6,11-16H2,1H3,(H,27,33)(H,28,30)(H,31,32). The van der Waals surface area contributed by atoms with E-state index in [2.05, 4.69) is 34.9 Å².